The van der Waals surface area contributed by atoms with Gasteiger partial charge in [0.1, 0.15) is 6.04 Å². The summed E-state index contributed by atoms with van der Waals surface area (Å²) in [5, 5.41) is 4.53. The molecule has 0 aliphatic rings. The van der Waals surface area contributed by atoms with Gasteiger partial charge >= 0.3 is 24.4 Å². The van der Waals surface area contributed by atoms with E-state index in [1.54, 1.807) is 6.92 Å². The molecule has 0 spiro atoms. The van der Waals surface area contributed by atoms with Crippen molar-refractivity contribution >= 4 is 12.0 Å². The lowest BCUT2D eigenvalue weighted by atomic mass is 9.98. The minimum atomic E-state index is -4.84. The van der Waals surface area contributed by atoms with Crippen molar-refractivity contribution in [2.24, 2.45) is 0 Å². The van der Waals surface area contributed by atoms with E-state index in [2.05, 4.69) is 20.4 Å². The molecule has 0 fully saturated rings. The highest BCUT2D eigenvalue weighted by atomic mass is 19.4. The van der Waals surface area contributed by atoms with Gasteiger partial charge in [0.15, 0.2) is 0 Å². The molecule has 1 aromatic carbocycles. The van der Waals surface area contributed by atoms with Gasteiger partial charge in [-0.3, -0.25) is 4.98 Å². The summed E-state index contributed by atoms with van der Waals surface area (Å²) >= 11 is 0. The topological polar surface area (TPSA) is 80.3 Å². The third-order valence-electron chi connectivity index (χ3n) is 4.46. The van der Waals surface area contributed by atoms with Crippen LogP contribution in [0.15, 0.2) is 42.6 Å². The molecule has 174 valence electrons. The number of rotatable bonds is 6. The number of carbonyl (C=O) groups is 2. The Bertz CT molecular complexity index is 945. The van der Waals surface area contributed by atoms with E-state index in [4.69, 9.17) is 0 Å². The standard InChI is InChI=1S/C20H19F6N3O3/c1-3-14(17(30)32-2)28-18(31)29-15(11-6-8-12(9-7-11)19(21,22)23)16-13(20(24,25)26)5-4-10-27-16/h4-10,14-15H,3H2,1-2H3,(H2,28,29,31)/t14?,15-/m0/s1. The first-order valence-corrected chi connectivity index (χ1v) is 9.22. The molecular formula is C20H19F6N3O3. The van der Waals surface area contributed by atoms with Crippen molar-refractivity contribution in [2.75, 3.05) is 7.11 Å². The summed E-state index contributed by atoms with van der Waals surface area (Å²) in [7, 11) is 1.10. The second kappa shape index (κ2) is 9.88. The van der Waals surface area contributed by atoms with Crippen molar-refractivity contribution in [1.29, 1.82) is 0 Å². The molecule has 32 heavy (non-hydrogen) atoms. The highest BCUT2D eigenvalue weighted by molar-refractivity contribution is 5.83. The number of halogens is 6. The van der Waals surface area contributed by atoms with Crippen LogP contribution in [0.2, 0.25) is 0 Å². The van der Waals surface area contributed by atoms with Gasteiger partial charge in [0, 0.05) is 6.20 Å². The van der Waals surface area contributed by atoms with E-state index in [1.165, 1.54) is 0 Å². The maximum atomic E-state index is 13.5. The van der Waals surface area contributed by atoms with Crippen LogP contribution >= 0.6 is 0 Å². The predicted octanol–water partition coefficient (Wildman–Crippen LogP) is 4.46. The smallest absolute Gasteiger partial charge is 0.418 e. The van der Waals surface area contributed by atoms with Gasteiger partial charge in [-0.25, -0.2) is 9.59 Å². The summed E-state index contributed by atoms with van der Waals surface area (Å²) in [6.45, 7) is 1.57. The molecule has 1 unspecified atom stereocenters. The number of nitrogens with zero attached hydrogens (tertiary/aromatic N) is 1. The molecule has 0 bridgehead atoms. The monoisotopic (exact) mass is 463 g/mol. The second-order valence-corrected chi connectivity index (χ2v) is 6.59. The number of benzene rings is 1. The number of methoxy groups -OCH3 is 1. The van der Waals surface area contributed by atoms with Crippen molar-refractivity contribution in [3.05, 3.63) is 65.0 Å². The number of pyridine rings is 1. The Hall–Kier alpha value is -3.31. The molecule has 1 heterocycles. The summed E-state index contributed by atoms with van der Waals surface area (Å²) < 4.78 is 83.7. The molecular weight excluding hydrogens is 444 g/mol. The van der Waals surface area contributed by atoms with Gasteiger partial charge in [-0.1, -0.05) is 19.1 Å². The maximum absolute atomic E-state index is 13.5. The number of esters is 1. The first-order chi connectivity index (χ1) is 14.9. The minimum Gasteiger partial charge on any atom is -0.467 e. The molecule has 2 rings (SSSR count). The summed E-state index contributed by atoms with van der Waals surface area (Å²) in [5.74, 6) is -0.775. The van der Waals surface area contributed by atoms with Crippen molar-refractivity contribution in [1.82, 2.24) is 15.6 Å². The van der Waals surface area contributed by atoms with E-state index in [1.807, 2.05) is 0 Å². The van der Waals surface area contributed by atoms with Crippen LogP contribution in [0.5, 0.6) is 0 Å². The molecule has 1 aromatic heterocycles. The summed E-state index contributed by atoms with van der Waals surface area (Å²) in [4.78, 5) is 27.9. The third kappa shape index (κ3) is 6.11. The molecule has 2 amide bonds. The Kier molecular flexibility index (Phi) is 7.70. The van der Waals surface area contributed by atoms with E-state index in [0.29, 0.717) is 12.1 Å². The number of alkyl halides is 6. The Morgan fingerprint density at radius 3 is 2.12 bits per heavy atom. The Morgan fingerprint density at radius 2 is 1.62 bits per heavy atom. The second-order valence-electron chi connectivity index (χ2n) is 6.59. The Morgan fingerprint density at radius 1 is 1.00 bits per heavy atom. The third-order valence-corrected chi connectivity index (χ3v) is 4.46. The van der Waals surface area contributed by atoms with Crippen LogP contribution in [-0.2, 0) is 21.9 Å². The van der Waals surface area contributed by atoms with E-state index in [-0.39, 0.29) is 12.0 Å². The first-order valence-electron chi connectivity index (χ1n) is 9.22. The van der Waals surface area contributed by atoms with Gasteiger partial charge in [0.25, 0.3) is 0 Å². The number of aromatic nitrogens is 1. The van der Waals surface area contributed by atoms with E-state index < -0.39 is 53.3 Å². The fourth-order valence-corrected chi connectivity index (χ4v) is 2.86. The van der Waals surface area contributed by atoms with Gasteiger partial charge < -0.3 is 15.4 Å². The first kappa shape index (κ1) is 25.0. The molecule has 0 radical (unpaired) electrons. The van der Waals surface area contributed by atoms with E-state index in [9.17, 15) is 35.9 Å². The SMILES string of the molecule is CCC(NC(=O)N[C@@H](c1ccc(C(F)(F)F)cc1)c1ncccc1C(F)(F)F)C(=O)OC. The fourth-order valence-electron chi connectivity index (χ4n) is 2.86. The van der Waals surface area contributed by atoms with Gasteiger partial charge in [-0.2, -0.15) is 26.3 Å². The number of nitrogens with one attached hydrogen (secondary N) is 2. The lowest BCUT2D eigenvalue weighted by Crippen LogP contribution is -2.47. The highest BCUT2D eigenvalue weighted by Gasteiger charge is 2.37. The minimum absolute atomic E-state index is 0.0801. The Balaban J connectivity index is 2.47. The fraction of sp³-hybridized carbons (Fsp3) is 0.350. The molecule has 2 aromatic rings. The van der Waals surface area contributed by atoms with Crippen molar-refractivity contribution in [3.8, 4) is 0 Å². The maximum Gasteiger partial charge on any atom is 0.418 e. The number of carbonyl (C=O) groups excluding carboxylic acids is 2. The molecule has 0 aliphatic heterocycles. The van der Waals surface area contributed by atoms with Crippen molar-refractivity contribution in [3.63, 3.8) is 0 Å². The summed E-state index contributed by atoms with van der Waals surface area (Å²) in [6.07, 6.45) is -8.31. The molecule has 2 N–H and O–H groups in total. The molecule has 2 atom stereocenters. The number of urea groups is 1. The predicted molar refractivity (Wildman–Crippen MR) is 100 cm³/mol. The van der Waals surface area contributed by atoms with Crippen LogP contribution in [0, 0.1) is 0 Å². The lowest BCUT2D eigenvalue weighted by Gasteiger charge is -2.24. The average molecular weight is 463 g/mol. The summed E-state index contributed by atoms with van der Waals surface area (Å²) in [5.41, 5.74) is -2.90. The zero-order chi connectivity index (χ0) is 24.1. The van der Waals surface area contributed by atoms with Gasteiger partial charge in [0.05, 0.1) is 30.0 Å². The van der Waals surface area contributed by atoms with Crippen molar-refractivity contribution < 1.29 is 40.7 Å². The van der Waals surface area contributed by atoms with E-state index >= 15 is 0 Å². The average Bonchev–Trinajstić information content (AvgIpc) is 2.74. The van der Waals surface area contributed by atoms with Crippen LogP contribution in [-0.4, -0.2) is 30.1 Å². The van der Waals surface area contributed by atoms with Gasteiger partial charge in [0.2, 0.25) is 0 Å². The van der Waals surface area contributed by atoms with Crippen LogP contribution < -0.4 is 10.6 Å². The van der Waals surface area contributed by atoms with Crippen LogP contribution in [0.1, 0.15) is 41.8 Å². The number of hydrogen-bond acceptors (Lipinski definition) is 4. The van der Waals surface area contributed by atoms with Gasteiger partial charge in [-0.15, -0.1) is 0 Å². The van der Waals surface area contributed by atoms with Crippen LogP contribution in [0.25, 0.3) is 0 Å². The lowest BCUT2D eigenvalue weighted by molar-refractivity contribution is -0.143. The molecule has 0 saturated heterocycles. The van der Waals surface area contributed by atoms with Crippen molar-refractivity contribution in [2.45, 2.75) is 37.8 Å². The highest BCUT2D eigenvalue weighted by Crippen LogP contribution is 2.36. The molecule has 6 nitrogen and oxygen atoms in total. The molecule has 0 saturated carbocycles. The van der Waals surface area contributed by atoms with Crippen LogP contribution in [0.4, 0.5) is 31.1 Å². The Labute approximate surface area is 179 Å². The normalized spacial score (nSPS) is 13.8. The number of hydrogen-bond donors (Lipinski definition) is 2. The largest absolute Gasteiger partial charge is 0.467 e. The van der Waals surface area contributed by atoms with Gasteiger partial charge in [-0.05, 0) is 36.2 Å². The summed E-state index contributed by atoms with van der Waals surface area (Å²) in [6, 6.07) is 1.35. The zero-order valence-corrected chi connectivity index (χ0v) is 16.8. The molecule has 0 aliphatic carbocycles. The zero-order valence-electron chi connectivity index (χ0n) is 16.8. The quantitative estimate of drug-likeness (QED) is 0.490. The van der Waals surface area contributed by atoms with Crippen LogP contribution in [0.3, 0.4) is 0 Å². The number of ether oxygens (including phenoxy) is 1. The number of amides is 2. The molecule has 12 heteroatoms. The van der Waals surface area contributed by atoms with E-state index in [0.717, 1.165) is 37.6 Å².